The molecule has 2 rings (SSSR count). The van der Waals surface area contributed by atoms with Crippen molar-refractivity contribution in [3.8, 4) is 0 Å². The van der Waals surface area contributed by atoms with Crippen LogP contribution in [-0.2, 0) is 10.0 Å². The van der Waals surface area contributed by atoms with Gasteiger partial charge in [-0.25, -0.2) is 17.5 Å². The maximum atomic E-state index is 13.8. The third kappa shape index (κ3) is 3.91. The molecule has 1 aromatic rings. The van der Waals surface area contributed by atoms with E-state index in [-0.39, 0.29) is 29.3 Å². The van der Waals surface area contributed by atoms with E-state index in [1.54, 1.807) is 13.0 Å². The quantitative estimate of drug-likeness (QED) is 0.892. The molecule has 0 spiro atoms. The lowest BCUT2D eigenvalue weighted by molar-refractivity contribution is 0.327. The maximum Gasteiger partial charge on any atom is 0.243 e. The smallest absolute Gasteiger partial charge is 0.243 e. The minimum absolute atomic E-state index is 0. The zero-order valence-electron chi connectivity index (χ0n) is 11.5. The van der Waals surface area contributed by atoms with Crippen molar-refractivity contribution in [1.82, 2.24) is 10.0 Å². The van der Waals surface area contributed by atoms with E-state index in [1.165, 1.54) is 12.1 Å². The lowest BCUT2D eigenvalue weighted by Gasteiger charge is -2.30. The highest BCUT2D eigenvalue weighted by Crippen LogP contribution is 2.18. The molecule has 0 aromatic heterocycles. The van der Waals surface area contributed by atoms with Crippen LogP contribution in [0, 0.1) is 18.7 Å². The number of hydrogen-bond acceptors (Lipinski definition) is 3. The summed E-state index contributed by atoms with van der Waals surface area (Å²) in [5.74, 6) is -0.464. The van der Waals surface area contributed by atoms with Crippen LogP contribution in [0.4, 0.5) is 4.39 Å². The Labute approximate surface area is 125 Å². The minimum Gasteiger partial charge on any atom is -0.315 e. The fourth-order valence-electron chi connectivity index (χ4n) is 2.23. The number of aryl methyl sites for hydroxylation is 1. The summed E-state index contributed by atoms with van der Waals surface area (Å²) in [6, 6.07) is 3.95. The van der Waals surface area contributed by atoms with Crippen LogP contribution >= 0.6 is 12.4 Å². The van der Waals surface area contributed by atoms with Gasteiger partial charge in [-0.2, -0.15) is 0 Å². The molecule has 1 aliphatic rings. The minimum atomic E-state index is -3.81. The van der Waals surface area contributed by atoms with Crippen molar-refractivity contribution >= 4 is 22.4 Å². The summed E-state index contributed by atoms with van der Waals surface area (Å²) in [6.45, 7) is 5.19. The highest BCUT2D eigenvalue weighted by atomic mass is 35.5. The van der Waals surface area contributed by atoms with Gasteiger partial charge in [-0.15, -0.1) is 12.4 Å². The molecule has 1 aliphatic heterocycles. The standard InChI is InChI=1S/C13H19FN2O2S.ClH/c1-9-3-4-13(11(14)7-9)19(17,18)16-12-8-15-6-5-10(12)2;/h3-4,7,10,12,15-16H,5-6,8H2,1-2H3;1H. The van der Waals surface area contributed by atoms with Gasteiger partial charge in [-0.05, 0) is 43.5 Å². The molecule has 1 fully saturated rings. The Balaban J connectivity index is 0.00000200. The average molecular weight is 323 g/mol. The van der Waals surface area contributed by atoms with Gasteiger partial charge in [0.25, 0.3) is 0 Å². The van der Waals surface area contributed by atoms with E-state index in [2.05, 4.69) is 10.0 Å². The number of rotatable bonds is 3. The van der Waals surface area contributed by atoms with E-state index in [0.29, 0.717) is 12.1 Å². The molecule has 0 saturated carbocycles. The van der Waals surface area contributed by atoms with Crippen molar-refractivity contribution in [2.45, 2.75) is 31.2 Å². The normalized spacial score (nSPS) is 23.1. The molecule has 20 heavy (non-hydrogen) atoms. The first-order valence-corrected chi connectivity index (χ1v) is 7.87. The molecular formula is C13H20ClFN2O2S. The lowest BCUT2D eigenvalue weighted by Crippen LogP contribution is -2.50. The van der Waals surface area contributed by atoms with E-state index in [0.717, 1.165) is 13.0 Å². The predicted molar refractivity (Wildman–Crippen MR) is 79.1 cm³/mol. The fraction of sp³-hybridized carbons (Fsp3) is 0.538. The van der Waals surface area contributed by atoms with Crippen molar-refractivity contribution in [3.63, 3.8) is 0 Å². The van der Waals surface area contributed by atoms with Gasteiger partial charge >= 0.3 is 0 Å². The molecule has 4 nitrogen and oxygen atoms in total. The van der Waals surface area contributed by atoms with Gasteiger partial charge in [0.05, 0.1) is 0 Å². The third-order valence-electron chi connectivity index (χ3n) is 3.51. The molecule has 2 N–H and O–H groups in total. The van der Waals surface area contributed by atoms with E-state index < -0.39 is 15.8 Å². The van der Waals surface area contributed by atoms with Crippen LogP contribution in [0.2, 0.25) is 0 Å². The monoisotopic (exact) mass is 322 g/mol. The number of hydrogen-bond donors (Lipinski definition) is 2. The zero-order valence-corrected chi connectivity index (χ0v) is 13.2. The summed E-state index contributed by atoms with van der Waals surface area (Å²) in [7, 11) is -3.81. The summed E-state index contributed by atoms with van der Waals surface area (Å²) in [6.07, 6.45) is 0.906. The molecule has 2 unspecified atom stereocenters. The highest BCUT2D eigenvalue weighted by Gasteiger charge is 2.28. The molecule has 0 amide bonds. The molecule has 0 aliphatic carbocycles. The van der Waals surface area contributed by atoms with Crippen LogP contribution < -0.4 is 10.0 Å². The van der Waals surface area contributed by atoms with Crippen LogP contribution in [0.15, 0.2) is 23.1 Å². The summed E-state index contributed by atoms with van der Waals surface area (Å²) in [5.41, 5.74) is 0.698. The first kappa shape index (κ1) is 17.4. The number of piperidine rings is 1. The van der Waals surface area contributed by atoms with Crippen molar-refractivity contribution in [2.24, 2.45) is 5.92 Å². The van der Waals surface area contributed by atoms with E-state index in [1.807, 2.05) is 6.92 Å². The van der Waals surface area contributed by atoms with Crippen LogP contribution in [0.5, 0.6) is 0 Å². The molecule has 0 radical (unpaired) electrons. The van der Waals surface area contributed by atoms with Crippen molar-refractivity contribution in [1.29, 1.82) is 0 Å². The Morgan fingerprint density at radius 2 is 2.10 bits per heavy atom. The van der Waals surface area contributed by atoms with E-state index in [4.69, 9.17) is 0 Å². The van der Waals surface area contributed by atoms with Gasteiger partial charge < -0.3 is 5.32 Å². The SMILES string of the molecule is Cc1ccc(S(=O)(=O)NC2CNCCC2C)c(F)c1.Cl. The summed E-state index contributed by atoms with van der Waals surface area (Å²) in [4.78, 5) is -0.282. The Kier molecular flexibility index (Phi) is 5.94. The predicted octanol–water partition coefficient (Wildman–Crippen LogP) is 1.83. The van der Waals surface area contributed by atoms with Crippen LogP contribution in [0.1, 0.15) is 18.9 Å². The largest absolute Gasteiger partial charge is 0.315 e. The fourth-order valence-corrected chi connectivity index (χ4v) is 3.64. The molecule has 0 bridgehead atoms. The highest BCUT2D eigenvalue weighted by molar-refractivity contribution is 7.89. The number of sulfonamides is 1. The lowest BCUT2D eigenvalue weighted by atomic mass is 9.96. The maximum absolute atomic E-state index is 13.8. The van der Waals surface area contributed by atoms with Gasteiger partial charge in [-0.3, -0.25) is 0 Å². The summed E-state index contributed by atoms with van der Waals surface area (Å²) in [5, 5.41) is 3.14. The molecule has 1 aromatic carbocycles. The van der Waals surface area contributed by atoms with Gasteiger partial charge in [-0.1, -0.05) is 13.0 Å². The van der Waals surface area contributed by atoms with Gasteiger partial charge in [0, 0.05) is 12.6 Å². The van der Waals surface area contributed by atoms with Gasteiger partial charge in [0.1, 0.15) is 10.7 Å². The average Bonchev–Trinajstić information content (AvgIpc) is 2.31. The van der Waals surface area contributed by atoms with Crippen LogP contribution in [-0.4, -0.2) is 27.5 Å². The Morgan fingerprint density at radius 3 is 2.70 bits per heavy atom. The van der Waals surface area contributed by atoms with Crippen LogP contribution in [0.25, 0.3) is 0 Å². The van der Waals surface area contributed by atoms with Crippen molar-refractivity contribution in [2.75, 3.05) is 13.1 Å². The zero-order chi connectivity index (χ0) is 14.0. The number of halogens is 2. The third-order valence-corrected chi connectivity index (χ3v) is 5.03. The summed E-state index contributed by atoms with van der Waals surface area (Å²) < 4.78 is 40.8. The van der Waals surface area contributed by atoms with Gasteiger partial charge in [0.15, 0.2) is 0 Å². The summed E-state index contributed by atoms with van der Waals surface area (Å²) >= 11 is 0. The molecular weight excluding hydrogens is 303 g/mol. The Morgan fingerprint density at radius 1 is 1.40 bits per heavy atom. The van der Waals surface area contributed by atoms with Crippen LogP contribution in [0.3, 0.4) is 0 Å². The molecule has 7 heteroatoms. The first-order chi connectivity index (χ1) is 8.90. The second kappa shape index (κ2) is 6.85. The van der Waals surface area contributed by atoms with Crippen molar-refractivity contribution < 1.29 is 12.8 Å². The first-order valence-electron chi connectivity index (χ1n) is 6.39. The molecule has 114 valence electrons. The Hall–Kier alpha value is -0.690. The van der Waals surface area contributed by atoms with E-state index >= 15 is 0 Å². The topological polar surface area (TPSA) is 58.2 Å². The van der Waals surface area contributed by atoms with E-state index in [9.17, 15) is 12.8 Å². The van der Waals surface area contributed by atoms with Crippen molar-refractivity contribution in [3.05, 3.63) is 29.6 Å². The number of nitrogens with one attached hydrogen (secondary N) is 2. The second-order valence-electron chi connectivity index (χ2n) is 5.13. The van der Waals surface area contributed by atoms with Gasteiger partial charge in [0.2, 0.25) is 10.0 Å². The Bertz CT molecular complexity index is 565. The molecule has 2 atom stereocenters. The number of benzene rings is 1. The molecule has 1 heterocycles. The molecule has 1 saturated heterocycles. The second-order valence-corrected chi connectivity index (χ2v) is 6.81.